The molecule has 3 nitrogen and oxygen atoms in total. The van der Waals surface area contributed by atoms with Gasteiger partial charge in [-0.15, -0.1) is 12.4 Å². The van der Waals surface area contributed by atoms with Gasteiger partial charge in [-0.2, -0.15) is 0 Å². The molecule has 0 bridgehead atoms. The Kier molecular flexibility index (Phi) is 4.58. The summed E-state index contributed by atoms with van der Waals surface area (Å²) in [6, 6.07) is 5.51. The van der Waals surface area contributed by atoms with E-state index in [1.54, 1.807) is 6.07 Å². The van der Waals surface area contributed by atoms with Gasteiger partial charge in [-0.1, -0.05) is 6.92 Å². The Hall–Kier alpha value is -0.930. The number of piperidine rings is 1. The molecule has 0 spiro atoms. The van der Waals surface area contributed by atoms with Crippen LogP contribution in [-0.2, 0) is 0 Å². The number of phenolic OH excluding ortho intramolecular Hbond substituents is 1. The molecule has 1 aromatic carbocycles. The third kappa shape index (κ3) is 2.82. The highest BCUT2D eigenvalue weighted by Crippen LogP contribution is 2.42. The summed E-state index contributed by atoms with van der Waals surface area (Å²) in [6.07, 6.45) is 2.42. The third-order valence-electron chi connectivity index (χ3n) is 4.23. The highest BCUT2D eigenvalue weighted by molar-refractivity contribution is 5.85. The molecule has 3 rings (SSSR count). The van der Waals surface area contributed by atoms with Crippen molar-refractivity contribution in [1.82, 2.24) is 4.90 Å². The minimum absolute atomic E-state index is 0. The number of phenols is 1. The van der Waals surface area contributed by atoms with Crippen molar-refractivity contribution in [3.05, 3.63) is 23.8 Å². The Morgan fingerprint density at radius 1 is 1.42 bits per heavy atom. The van der Waals surface area contributed by atoms with Crippen molar-refractivity contribution in [3.8, 4) is 11.5 Å². The number of benzene rings is 1. The molecule has 106 valence electrons. The van der Waals surface area contributed by atoms with Gasteiger partial charge in [0.2, 0.25) is 0 Å². The van der Waals surface area contributed by atoms with Gasteiger partial charge in [0.1, 0.15) is 11.5 Å². The van der Waals surface area contributed by atoms with Gasteiger partial charge in [0.15, 0.2) is 0 Å². The molecule has 0 radical (unpaired) electrons. The van der Waals surface area contributed by atoms with E-state index >= 15 is 0 Å². The van der Waals surface area contributed by atoms with Crippen molar-refractivity contribution >= 4 is 12.4 Å². The second-order valence-corrected chi connectivity index (χ2v) is 5.49. The summed E-state index contributed by atoms with van der Waals surface area (Å²) in [6.45, 7) is 6.54. The van der Waals surface area contributed by atoms with Crippen LogP contribution < -0.4 is 4.74 Å². The van der Waals surface area contributed by atoms with E-state index in [1.807, 2.05) is 12.1 Å². The summed E-state index contributed by atoms with van der Waals surface area (Å²) in [7, 11) is 0. The highest BCUT2D eigenvalue weighted by Gasteiger charge is 2.35. The average molecular weight is 284 g/mol. The van der Waals surface area contributed by atoms with Crippen LogP contribution in [0.5, 0.6) is 11.5 Å². The summed E-state index contributed by atoms with van der Waals surface area (Å²) in [5.41, 5.74) is 1.20. The van der Waals surface area contributed by atoms with E-state index in [0.717, 1.165) is 18.9 Å². The summed E-state index contributed by atoms with van der Waals surface area (Å²) >= 11 is 0. The van der Waals surface area contributed by atoms with E-state index < -0.39 is 0 Å². The normalized spacial score (nSPS) is 25.7. The molecule has 0 aromatic heterocycles. The van der Waals surface area contributed by atoms with Crippen molar-refractivity contribution < 1.29 is 9.84 Å². The number of rotatable bonds is 2. The lowest BCUT2D eigenvalue weighted by molar-refractivity contribution is 0.0991. The van der Waals surface area contributed by atoms with Crippen molar-refractivity contribution in [1.29, 1.82) is 0 Å². The number of hydrogen-bond acceptors (Lipinski definition) is 3. The molecule has 0 amide bonds. The van der Waals surface area contributed by atoms with Gasteiger partial charge in [0.25, 0.3) is 0 Å². The van der Waals surface area contributed by atoms with E-state index in [2.05, 4.69) is 11.8 Å². The molecule has 0 unspecified atom stereocenters. The molecular formula is C15H22ClNO2. The second-order valence-electron chi connectivity index (χ2n) is 5.49. The van der Waals surface area contributed by atoms with Crippen molar-refractivity contribution in [3.63, 3.8) is 0 Å². The van der Waals surface area contributed by atoms with Crippen LogP contribution in [0.1, 0.15) is 31.2 Å². The smallest absolute Gasteiger partial charge is 0.123 e. The lowest BCUT2D eigenvalue weighted by Crippen LogP contribution is -2.43. The van der Waals surface area contributed by atoms with Gasteiger partial charge in [0.05, 0.1) is 6.61 Å². The maximum atomic E-state index is 9.68. The van der Waals surface area contributed by atoms with Gasteiger partial charge in [-0.05, 0) is 44.1 Å². The van der Waals surface area contributed by atoms with E-state index in [0.29, 0.717) is 17.6 Å². The van der Waals surface area contributed by atoms with Crippen LogP contribution in [0.4, 0.5) is 0 Å². The van der Waals surface area contributed by atoms with E-state index in [4.69, 9.17) is 4.74 Å². The van der Waals surface area contributed by atoms with Gasteiger partial charge in [0, 0.05) is 23.9 Å². The van der Waals surface area contributed by atoms with E-state index in [9.17, 15) is 5.11 Å². The summed E-state index contributed by atoms with van der Waals surface area (Å²) in [5, 5.41) is 9.68. The van der Waals surface area contributed by atoms with Crippen molar-refractivity contribution in [2.45, 2.75) is 25.7 Å². The van der Waals surface area contributed by atoms with E-state index in [1.165, 1.54) is 31.5 Å². The Bertz CT molecular complexity index is 438. The van der Waals surface area contributed by atoms with Crippen LogP contribution >= 0.6 is 12.4 Å². The lowest BCUT2D eigenvalue weighted by atomic mass is 9.79. The molecule has 0 aliphatic carbocycles. The topological polar surface area (TPSA) is 32.7 Å². The molecule has 2 heterocycles. The average Bonchev–Trinajstić information content (AvgIpc) is 2.39. The first-order chi connectivity index (χ1) is 8.78. The molecule has 0 saturated carbocycles. The number of likely N-dealkylation sites (tertiary alicyclic amines) is 1. The molecule has 2 aliphatic heterocycles. The minimum Gasteiger partial charge on any atom is -0.508 e. The first-order valence-electron chi connectivity index (χ1n) is 6.96. The fourth-order valence-electron chi connectivity index (χ4n) is 3.29. The molecule has 2 aliphatic rings. The largest absolute Gasteiger partial charge is 0.508 e. The number of ether oxygens (including phenoxy) is 1. The zero-order valence-electron chi connectivity index (χ0n) is 11.3. The number of nitrogens with zero attached hydrogens (tertiary/aromatic N) is 1. The second kappa shape index (κ2) is 6.02. The number of aromatic hydroxyl groups is 1. The number of hydrogen-bond donors (Lipinski definition) is 1. The van der Waals surface area contributed by atoms with Gasteiger partial charge < -0.3 is 14.7 Å². The number of fused-ring (bicyclic) bond motifs is 3. The van der Waals surface area contributed by atoms with Gasteiger partial charge >= 0.3 is 0 Å². The zero-order chi connectivity index (χ0) is 12.5. The summed E-state index contributed by atoms with van der Waals surface area (Å²) < 4.78 is 5.81. The Labute approximate surface area is 121 Å². The minimum atomic E-state index is 0. The fourth-order valence-corrected chi connectivity index (χ4v) is 3.29. The maximum Gasteiger partial charge on any atom is 0.123 e. The van der Waals surface area contributed by atoms with Crippen LogP contribution in [0.3, 0.4) is 0 Å². The molecule has 2 atom stereocenters. The Morgan fingerprint density at radius 2 is 2.26 bits per heavy atom. The Morgan fingerprint density at radius 3 is 3.05 bits per heavy atom. The van der Waals surface area contributed by atoms with Crippen LogP contribution in [-0.4, -0.2) is 36.2 Å². The predicted octanol–water partition coefficient (Wildman–Crippen LogP) is 3.02. The Balaban J connectivity index is 0.00000133. The van der Waals surface area contributed by atoms with Gasteiger partial charge in [-0.3, -0.25) is 0 Å². The molecule has 4 heteroatoms. The van der Waals surface area contributed by atoms with Crippen LogP contribution in [0.25, 0.3) is 0 Å². The quantitative estimate of drug-likeness (QED) is 0.906. The molecule has 1 N–H and O–H groups in total. The first kappa shape index (κ1) is 14.5. The SMILES string of the molecule is CCCN1CC[C@H]2COc3ccc(O)cc3[C@H]2C1.Cl. The van der Waals surface area contributed by atoms with Crippen LogP contribution in [0.15, 0.2) is 18.2 Å². The molecule has 19 heavy (non-hydrogen) atoms. The van der Waals surface area contributed by atoms with Crippen molar-refractivity contribution in [2.75, 3.05) is 26.2 Å². The van der Waals surface area contributed by atoms with E-state index in [-0.39, 0.29) is 12.4 Å². The molecule has 1 saturated heterocycles. The predicted molar refractivity (Wildman–Crippen MR) is 78.4 cm³/mol. The highest BCUT2D eigenvalue weighted by atomic mass is 35.5. The molecule has 1 aromatic rings. The molecule has 1 fully saturated rings. The third-order valence-corrected chi connectivity index (χ3v) is 4.23. The lowest BCUT2D eigenvalue weighted by Gasteiger charge is -2.42. The van der Waals surface area contributed by atoms with Gasteiger partial charge in [-0.25, -0.2) is 0 Å². The fraction of sp³-hybridized carbons (Fsp3) is 0.600. The summed E-state index contributed by atoms with van der Waals surface area (Å²) in [5.74, 6) is 2.46. The first-order valence-corrected chi connectivity index (χ1v) is 6.96. The maximum absolute atomic E-state index is 9.68. The summed E-state index contributed by atoms with van der Waals surface area (Å²) in [4.78, 5) is 2.54. The van der Waals surface area contributed by atoms with Crippen molar-refractivity contribution in [2.24, 2.45) is 5.92 Å². The zero-order valence-corrected chi connectivity index (χ0v) is 12.2. The van der Waals surface area contributed by atoms with Crippen LogP contribution in [0.2, 0.25) is 0 Å². The number of halogens is 1. The van der Waals surface area contributed by atoms with Crippen LogP contribution in [0, 0.1) is 5.92 Å². The molecular weight excluding hydrogens is 262 g/mol. The monoisotopic (exact) mass is 283 g/mol. The standard InChI is InChI=1S/C15H21NO2.ClH/c1-2-6-16-7-5-11-10-18-15-4-3-12(17)8-13(15)14(11)9-16;/h3-4,8,11,14,17H,2,5-7,9-10H2,1H3;1H/t11-,14-;/m0./s1.